The van der Waals surface area contributed by atoms with Crippen molar-refractivity contribution >= 4 is 30.0 Å². The molecule has 0 saturated carbocycles. The summed E-state index contributed by atoms with van der Waals surface area (Å²) < 4.78 is 41.1. The summed E-state index contributed by atoms with van der Waals surface area (Å²) >= 11 is 0. The highest BCUT2D eigenvalue weighted by Crippen LogP contribution is 2.21. The summed E-state index contributed by atoms with van der Waals surface area (Å²) in [6.07, 6.45) is 35.1. The van der Waals surface area contributed by atoms with E-state index in [4.69, 9.17) is 33.2 Å². The van der Waals surface area contributed by atoms with Gasteiger partial charge in [-0.25, -0.2) is 4.79 Å². The number of rotatable bonds is 51. The average molecular weight is 1110 g/mol. The van der Waals surface area contributed by atoms with Gasteiger partial charge in [-0.15, -0.1) is 0 Å². The number of esters is 4. The lowest BCUT2D eigenvalue weighted by molar-refractivity contribution is -0.160. The van der Waals surface area contributed by atoms with E-state index in [2.05, 4.69) is 69.1 Å². The number of allylic oxidation sites excluding steroid dienone is 4. The first-order chi connectivity index (χ1) is 38.6. The molecule has 2 unspecified atom stereocenters. The first kappa shape index (κ1) is 70.8. The van der Waals surface area contributed by atoms with Crippen LogP contribution >= 0.6 is 0 Å². The van der Waals surface area contributed by atoms with Gasteiger partial charge < -0.3 is 43.4 Å². The van der Waals surface area contributed by atoms with Crippen molar-refractivity contribution in [1.29, 1.82) is 0 Å². The van der Waals surface area contributed by atoms with Gasteiger partial charge in [-0.1, -0.05) is 130 Å². The zero-order valence-corrected chi connectivity index (χ0v) is 50.3. The molecule has 1 aromatic rings. The standard InChI is InChI=1S/C65H110N2O12/c1-6-11-16-20-23-31-46-73-63(74-47-32-24-21-17-12-7-2)41-40-62(70)78-54-57-50-55(52-76-60(68)37-28-22-25-33-48-75-64(71)58(34-15-10-5)35-26-18-13-8-3)49-56(51-57)53-77-61(69)39-38-59(36-27-19-14-9-4)79-65(72)66-42-45-67-43-29-30-44-67/h11-12,16-17,49-51,58-59,63H,6-10,13-15,18-48,52-54H2,1-5H3,(H,66,72)/b16-11-,17-12-. The van der Waals surface area contributed by atoms with E-state index in [1.54, 1.807) is 0 Å². The molecule has 14 nitrogen and oxygen atoms in total. The molecule has 1 heterocycles. The number of carbonyl (C=O) groups excluding carboxylic acids is 5. The third-order valence-corrected chi connectivity index (χ3v) is 14.2. The molecule has 1 fully saturated rings. The lowest BCUT2D eigenvalue weighted by Gasteiger charge is -2.19. The smallest absolute Gasteiger partial charge is 0.407 e. The van der Waals surface area contributed by atoms with Crippen LogP contribution in [-0.4, -0.2) is 93.3 Å². The SMILES string of the molecule is CC/C=C\CCCCOC(CCC(=O)OCc1cc(COC(=O)CCCCCCOC(=O)C(CCCC)CCCCCC)cc(COC(=O)CCC(CCCCCC)OC(=O)NCCN2CCCC2)c1)OCCCC/C=C\CC. The van der Waals surface area contributed by atoms with Gasteiger partial charge in [0.15, 0.2) is 6.29 Å². The Morgan fingerprint density at radius 1 is 0.506 bits per heavy atom. The Kier molecular flexibility index (Phi) is 44.4. The Morgan fingerprint density at radius 3 is 1.56 bits per heavy atom. The normalized spacial score (nSPS) is 13.5. The lowest BCUT2D eigenvalue weighted by atomic mass is 9.95. The zero-order chi connectivity index (χ0) is 57.2. The molecule has 1 aromatic carbocycles. The summed E-state index contributed by atoms with van der Waals surface area (Å²) in [5.41, 5.74) is 1.99. The van der Waals surface area contributed by atoms with Crippen molar-refractivity contribution in [2.45, 2.75) is 272 Å². The third kappa shape index (κ3) is 39.7. The quantitative estimate of drug-likeness (QED) is 0.0216. The van der Waals surface area contributed by atoms with Crippen molar-refractivity contribution in [1.82, 2.24) is 10.2 Å². The molecule has 2 rings (SSSR count). The Morgan fingerprint density at radius 2 is 1.00 bits per heavy atom. The zero-order valence-electron chi connectivity index (χ0n) is 50.3. The van der Waals surface area contributed by atoms with E-state index in [0.29, 0.717) is 68.7 Å². The van der Waals surface area contributed by atoms with Crippen molar-refractivity contribution in [2.24, 2.45) is 5.92 Å². The minimum Gasteiger partial charge on any atom is -0.465 e. The van der Waals surface area contributed by atoms with Crippen molar-refractivity contribution in [3.63, 3.8) is 0 Å². The molecule has 0 aliphatic carbocycles. The second-order valence-electron chi connectivity index (χ2n) is 21.5. The molecule has 1 N–H and O–H groups in total. The number of likely N-dealkylation sites (tertiary alicyclic amines) is 1. The number of nitrogens with one attached hydrogen (secondary N) is 1. The minimum absolute atomic E-state index is 0.00749. The van der Waals surface area contributed by atoms with E-state index in [9.17, 15) is 24.0 Å². The number of carbonyl (C=O) groups is 5. The summed E-state index contributed by atoms with van der Waals surface area (Å²) in [7, 11) is 0. The number of benzene rings is 1. The first-order valence-corrected chi connectivity index (χ1v) is 31.6. The van der Waals surface area contributed by atoms with Crippen LogP contribution in [0.2, 0.25) is 0 Å². The molecule has 14 heteroatoms. The number of nitrogens with zero attached hydrogens (tertiary/aromatic N) is 1. The monoisotopic (exact) mass is 1110 g/mol. The molecule has 1 saturated heterocycles. The summed E-state index contributed by atoms with van der Waals surface area (Å²) in [4.78, 5) is 67.5. The molecule has 0 bridgehead atoms. The Bertz CT molecular complexity index is 1760. The van der Waals surface area contributed by atoms with Crippen LogP contribution in [-0.2, 0) is 72.2 Å². The molecule has 0 spiro atoms. The predicted octanol–water partition coefficient (Wildman–Crippen LogP) is 15.4. The van der Waals surface area contributed by atoms with E-state index in [1.807, 2.05) is 18.2 Å². The van der Waals surface area contributed by atoms with Crippen LogP contribution in [0.4, 0.5) is 4.79 Å². The number of hydrogen-bond acceptors (Lipinski definition) is 13. The predicted molar refractivity (Wildman–Crippen MR) is 315 cm³/mol. The Hall–Kier alpha value is -4.27. The maximum absolute atomic E-state index is 13.3. The van der Waals surface area contributed by atoms with E-state index in [-0.39, 0.29) is 56.9 Å². The van der Waals surface area contributed by atoms with E-state index in [0.717, 1.165) is 154 Å². The van der Waals surface area contributed by atoms with E-state index < -0.39 is 30.4 Å². The lowest BCUT2D eigenvalue weighted by Crippen LogP contribution is -2.35. The second-order valence-corrected chi connectivity index (χ2v) is 21.5. The van der Waals surface area contributed by atoms with Gasteiger partial charge in [0.2, 0.25) is 0 Å². The van der Waals surface area contributed by atoms with Crippen LogP contribution in [0.3, 0.4) is 0 Å². The van der Waals surface area contributed by atoms with Crippen LogP contribution in [0, 0.1) is 5.92 Å². The van der Waals surface area contributed by atoms with Gasteiger partial charge in [0, 0.05) is 45.6 Å². The van der Waals surface area contributed by atoms with Crippen LogP contribution in [0.5, 0.6) is 0 Å². The van der Waals surface area contributed by atoms with Crippen molar-refractivity contribution < 1.29 is 57.1 Å². The van der Waals surface area contributed by atoms with E-state index >= 15 is 0 Å². The topological polar surface area (TPSA) is 165 Å². The van der Waals surface area contributed by atoms with Gasteiger partial charge >= 0.3 is 30.0 Å². The van der Waals surface area contributed by atoms with Gasteiger partial charge in [-0.05, 0) is 157 Å². The summed E-state index contributed by atoms with van der Waals surface area (Å²) in [6.45, 7) is 15.6. The van der Waals surface area contributed by atoms with Crippen LogP contribution in [0.15, 0.2) is 42.5 Å². The molecule has 0 aromatic heterocycles. The minimum atomic E-state index is -0.517. The van der Waals surface area contributed by atoms with Gasteiger partial charge in [0.1, 0.15) is 25.9 Å². The fourth-order valence-electron chi connectivity index (χ4n) is 9.49. The highest BCUT2D eigenvalue weighted by molar-refractivity contribution is 5.72. The van der Waals surface area contributed by atoms with Gasteiger partial charge in [0.25, 0.3) is 0 Å². The molecule has 79 heavy (non-hydrogen) atoms. The summed E-state index contributed by atoms with van der Waals surface area (Å²) in [6, 6.07) is 5.49. The van der Waals surface area contributed by atoms with Crippen LogP contribution < -0.4 is 5.32 Å². The fourth-order valence-corrected chi connectivity index (χ4v) is 9.49. The molecule has 1 amide bonds. The molecule has 1 aliphatic heterocycles. The molecular formula is C65H110N2O12. The third-order valence-electron chi connectivity index (χ3n) is 14.2. The number of alkyl carbamates (subject to hydrolysis) is 1. The van der Waals surface area contributed by atoms with Crippen molar-refractivity contribution in [2.75, 3.05) is 46.0 Å². The largest absolute Gasteiger partial charge is 0.465 e. The van der Waals surface area contributed by atoms with Crippen LogP contribution in [0.1, 0.15) is 257 Å². The number of amides is 1. The number of hydrogen-bond donors (Lipinski definition) is 1. The van der Waals surface area contributed by atoms with Crippen molar-refractivity contribution in [3.05, 3.63) is 59.2 Å². The second kappa shape index (κ2) is 49.5. The molecule has 452 valence electrons. The van der Waals surface area contributed by atoms with E-state index in [1.165, 1.54) is 25.7 Å². The summed E-state index contributed by atoms with van der Waals surface area (Å²) in [5.74, 6) is -1.23. The maximum Gasteiger partial charge on any atom is 0.407 e. The summed E-state index contributed by atoms with van der Waals surface area (Å²) in [5, 5.41) is 2.89. The van der Waals surface area contributed by atoms with Gasteiger partial charge in [-0.2, -0.15) is 0 Å². The highest BCUT2D eigenvalue weighted by Gasteiger charge is 2.21. The maximum atomic E-state index is 13.3. The molecule has 2 atom stereocenters. The Balaban J connectivity index is 2.04. The fraction of sp³-hybridized carbons (Fsp3) is 0.769. The Labute approximate surface area is 478 Å². The molecule has 0 radical (unpaired) electrons. The van der Waals surface area contributed by atoms with Gasteiger partial charge in [-0.3, -0.25) is 19.2 Å². The highest BCUT2D eigenvalue weighted by atomic mass is 16.7. The molecule has 1 aliphatic rings. The van der Waals surface area contributed by atoms with Crippen LogP contribution in [0.25, 0.3) is 0 Å². The first-order valence-electron chi connectivity index (χ1n) is 31.6. The average Bonchev–Trinajstić information content (AvgIpc) is 3.98. The number of ether oxygens (including phenoxy) is 7. The van der Waals surface area contributed by atoms with Gasteiger partial charge in [0.05, 0.1) is 18.9 Å². The number of unbranched alkanes of at least 4 members (excludes halogenated alkanes) is 14. The molecular weight excluding hydrogens is 1000 g/mol. The van der Waals surface area contributed by atoms with Crippen molar-refractivity contribution in [3.8, 4) is 0 Å².